The van der Waals surface area contributed by atoms with Crippen LogP contribution in [0.2, 0.25) is 0 Å². The summed E-state index contributed by atoms with van der Waals surface area (Å²) in [6, 6.07) is 7.65. The van der Waals surface area contributed by atoms with Gasteiger partial charge < -0.3 is 24.3 Å². The topological polar surface area (TPSA) is 95.0 Å². The highest BCUT2D eigenvalue weighted by atomic mass is 32.1. The van der Waals surface area contributed by atoms with Gasteiger partial charge in [0.1, 0.15) is 34.1 Å². The van der Waals surface area contributed by atoms with Gasteiger partial charge in [-0.3, -0.25) is 4.90 Å². The van der Waals surface area contributed by atoms with Crippen molar-refractivity contribution in [1.29, 1.82) is 0 Å². The van der Waals surface area contributed by atoms with Crippen LogP contribution >= 0.6 is 11.3 Å². The molecular weight excluding hydrogens is 456 g/mol. The number of benzene rings is 1. The van der Waals surface area contributed by atoms with E-state index in [4.69, 9.17) is 28.9 Å². The lowest BCUT2D eigenvalue weighted by molar-refractivity contribution is 0.0331. The summed E-state index contributed by atoms with van der Waals surface area (Å²) in [6.07, 6.45) is -0.175. The van der Waals surface area contributed by atoms with E-state index in [-0.39, 0.29) is 12.1 Å². The van der Waals surface area contributed by atoms with Crippen LogP contribution in [-0.2, 0) is 16.0 Å². The van der Waals surface area contributed by atoms with Crippen LogP contribution < -0.4 is 14.8 Å². The molecule has 0 amide bonds. The molecule has 0 saturated carbocycles. The van der Waals surface area contributed by atoms with Gasteiger partial charge in [0.15, 0.2) is 11.5 Å². The Morgan fingerprint density at radius 2 is 2.03 bits per heavy atom. The van der Waals surface area contributed by atoms with Crippen molar-refractivity contribution in [3.05, 3.63) is 40.5 Å². The molecule has 2 aliphatic heterocycles. The standard InChI is InChI=1S/C24H28N4O5S/c1-3-31-24(29)21-15(2)20-22(25-12-16-14-32-17-6-4-5-7-18(17)33-16)26-19(27-23(20)34-21)13-28-8-10-30-11-9-28/h4-7,16H,3,8-14H2,1-2H3,(H,25,26,27)/t16-/m0/s1. The minimum Gasteiger partial charge on any atom is -0.486 e. The summed E-state index contributed by atoms with van der Waals surface area (Å²) in [5.41, 5.74) is 0.824. The van der Waals surface area contributed by atoms with Crippen LogP contribution in [0.5, 0.6) is 11.5 Å². The van der Waals surface area contributed by atoms with Crippen molar-refractivity contribution in [3.63, 3.8) is 0 Å². The van der Waals surface area contributed by atoms with Crippen LogP contribution in [0.4, 0.5) is 5.82 Å². The molecule has 1 aromatic carbocycles. The number of hydrogen-bond acceptors (Lipinski definition) is 10. The van der Waals surface area contributed by atoms with Gasteiger partial charge in [-0.2, -0.15) is 0 Å². The lowest BCUT2D eigenvalue weighted by Crippen LogP contribution is -2.36. The Morgan fingerprint density at radius 3 is 2.82 bits per heavy atom. The summed E-state index contributed by atoms with van der Waals surface area (Å²) in [4.78, 5) is 25.8. The number of thiophene rings is 1. The summed E-state index contributed by atoms with van der Waals surface area (Å²) < 4.78 is 22.7. The van der Waals surface area contributed by atoms with E-state index in [1.165, 1.54) is 11.3 Å². The van der Waals surface area contributed by atoms with Crippen molar-refractivity contribution in [1.82, 2.24) is 14.9 Å². The number of esters is 1. The van der Waals surface area contributed by atoms with Gasteiger partial charge in [0.05, 0.1) is 38.3 Å². The maximum absolute atomic E-state index is 12.5. The predicted octanol–water partition coefficient (Wildman–Crippen LogP) is 3.26. The van der Waals surface area contributed by atoms with Gasteiger partial charge in [0, 0.05) is 13.1 Å². The normalized spacial score (nSPS) is 18.1. The van der Waals surface area contributed by atoms with Crippen molar-refractivity contribution >= 4 is 33.3 Å². The Hall–Kier alpha value is -2.95. The van der Waals surface area contributed by atoms with Crippen molar-refractivity contribution in [3.8, 4) is 11.5 Å². The highest BCUT2D eigenvalue weighted by Crippen LogP contribution is 2.35. The van der Waals surface area contributed by atoms with Crippen LogP contribution in [0, 0.1) is 6.92 Å². The third-order valence-electron chi connectivity index (χ3n) is 5.83. The molecule has 0 bridgehead atoms. The molecule has 1 saturated heterocycles. The number of carbonyl (C=O) groups excluding carboxylic acids is 1. The number of carbonyl (C=O) groups is 1. The Bertz CT molecular complexity index is 1180. The smallest absolute Gasteiger partial charge is 0.348 e. The van der Waals surface area contributed by atoms with E-state index in [1.807, 2.05) is 31.2 Å². The van der Waals surface area contributed by atoms with Crippen molar-refractivity contribution in [2.24, 2.45) is 0 Å². The Morgan fingerprint density at radius 1 is 1.24 bits per heavy atom. The van der Waals surface area contributed by atoms with Gasteiger partial charge in [0.2, 0.25) is 0 Å². The number of ether oxygens (including phenoxy) is 4. The summed E-state index contributed by atoms with van der Waals surface area (Å²) in [6.45, 7) is 8.70. The van der Waals surface area contributed by atoms with Crippen molar-refractivity contribution in [2.75, 3.05) is 51.4 Å². The molecule has 2 aromatic heterocycles. The molecule has 34 heavy (non-hydrogen) atoms. The molecule has 1 N–H and O–H groups in total. The number of aryl methyl sites for hydroxylation is 1. The van der Waals surface area contributed by atoms with Crippen LogP contribution in [0.25, 0.3) is 10.2 Å². The van der Waals surface area contributed by atoms with Crippen LogP contribution in [-0.4, -0.2) is 73.0 Å². The van der Waals surface area contributed by atoms with Gasteiger partial charge in [0.25, 0.3) is 0 Å². The van der Waals surface area contributed by atoms with E-state index in [0.29, 0.717) is 56.0 Å². The molecule has 1 atom stereocenters. The third kappa shape index (κ3) is 4.79. The number of anilines is 1. The predicted molar refractivity (Wildman–Crippen MR) is 129 cm³/mol. The lowest BCUT2D eigenvalue weighted by atomic mass is 10.2. The fourth-order valence-corrected chi connectivity index (χ4v) is 5.20. The summed E-state index contributed by atoms with van der Waals surface area (Å²) in [5.74, 6) is 2.56. The van der Waals surface area contributed by atoms with Gasteiger partial charge >= 0.3 is 5.97 Å². The molecule has 0 aliphatic carbocycles. The van der Waals surface area contributed by atoms with Gasteiger partial charge in [-0.25, -0.2) is 14.8 Å². The number of nitrogens with zero attached hydrogens (tertiary/aromatic N) is 3. The second-order valence-corrected chi connectivity index (χ2v) is 9.21. The second kappa shape index (κ2) is 10.1. The molecule has 180 valence electrons. The van der Waals surface area contributed by atoms with Crippen LogP contribution in [0.1, 0.15) is 28.0 Å². The molecule has 10 heteroatoms. The zero-order valence-electron chi connectivity index (χ0n) is 19.3. The fourth-order valence-electron chi connectivity index (χ4n) is 4.11. The number of para-hydroxylation sites is 2. The van der Waals surface area contributed by atoms with E-state index >= 15 is 0 Å². The first-order valence-corrected chi connectivity index (χ1v) is 12.3. The molecule has 2 aliphatic rings. The Labute approximate surface area is 202 Å². The highest BCUT2D eigenvalue weighted by molar-refractivity contribution is 7.20. The summed E-state index contributed by atoms with van der Waals surface area (Å²) >= 11 is 1.35. The first-order chi connectivity index (χ1) is 16.6. The fraction of sp³-hybridized carbons (Fsp3) is 0.458. The largest absolute Gasteiger partial charge is 0.486 e. The molecule has 3 aromatic rings. The Balaban J connectivity index is 1.42. The maximum Gasteiger partial charge on any atom is 0.348 e. The number of nitrogens with one attached hydrogen (secondary N) is 1. The van der Waals surface area contributed by atoms with E-state index in [1.54, 1.807) is 6.92 Å². The van der Waals surface area contributed by atoms with Crippen LogP contribution in [0.15, 0.2) is 24.3 Å². The SMILES string of the molecule is CCOC(=O)c1sc2nc(CN3CCOCC3)nc(NC[C@H]3COc4ccccc4O3)c2c1C. The number of rotatable bonds is 7. The van der Waals surface area contributed by atoms with E-state index in [9.17, 15) is 4.79 Å². The Kier molecular flexibility index (Phi) is 6.80. The first kappa shape index (κ1) is 22.8. The highest BCUT2D eigenvalue weighted by Gasteiger charge is 2.25. The molecular formula is C24H28N4O5S. The quantitative estimate of drug-likeness (QED) is 0.507. The van der Waals surface area contributed by atoms with Crippen molar-refractivity contribution < 1.29 is 23.7 Å². The van der Waals surface area contributed by atoms with Gasteiger partial charge in [-0.15, -0.1) is 11.3 Å². The molecule has 0 unspecified atom stereocenters. The lowest BCUT2D eigenvalue weighted by Gasteiger charge is -2.27. The number of fused-ring (bicyclic) bond motifs is 2. The zero-order chi connectivity index (χ0) is 23.5. The maximum atomic E-state index is 12.5. The monoisotopic (exact) mass is 484 g/mol. The number of aromatic nitrogens is 2. The third-order valence-corrected chi connectivity index (χ3v) is 7.00. The second-order valence-electron chi connectivity index (χ2n) is 8.21. The number of hydrogen-bond donors (Lipinski definition) is 1. The molecule has 1 fully saturated rings. The molecule has 0 radical (unpaired) electrons. The molecule has 5 rings (SSSR count). The van der Waals surface area contributed by atoms with Crippen LogP contribution in [0.3, 0.4) is 0 Å². The molecule has 9 nitrogen and oxygen atoms in total. The summed E-state index contributed by atoms with van der Waals surface area (Å²) in [7, 11) is 0. The molecule has 0 spiro atoms. The van der Waals surface area contributed by atoms with E-state index in [0.717, 1.165) is 40.4 Å². The molecule has 4 heterocycles. The average molecular weight is 485 g/mol. The zero-order valence-corrected chi connectivity index (χ0v) is 20.2. The minimum absolute atomic E-state index is 0.175. The first-order valence-electron chi connectivity index (χ1n) is 11.5. The van der Waals surface area contributed by atoms with Crippen molar-refractivity contribution in [2.45, 2.75) is 26.5 Å². The van der Waals surface area contributed by atoms with E-state index in [2.05, 4.69) is 10.2 Å². The van der Waals surface area contributed by atoms with Gasteiger partial charge in [-0.05, 0) is 31.5 Å². The average Bonchev–Trinajstić information content (AvgIpc) is 3.19. The minimum atomic E-state index is -0.329. The van der Waals surface area contributed by atoms with Gasteiger partial charge in [-0.1, -0.05) is 12.1 Å². The summed E-state index contributed by atoms with van der Waals surface area (Å²) in [5, 5.41) is 4.29. The number of morpholine rings is 1. The van der Waals surface area contributed by atoms with E-state index < -0.39 is 0 Å².